The lowest BCUT2D eigenvalue weighted by Crippen LogP contribution is -2.49. The van der Waals surface area contributed by atoms with E-state index in [1.54, 1.807) is 7.11 Å². The van der Waals surface area contributed by atoms with Crippen LogP contribution in [0.3, 0.4) is 0 Å². The summed E-state index contributed by atoms with van der Waals surface area (Å²) in [5.41, 5.74) is 1.00. The van der Waals surface area contributed by atoms with Gasteiger partial charge in [0.25, 0.3) is 0 Å². The highest BCUT2D eigenvalue weighted by Gasteiger charge is 2.23. The van der Waals surface area contributed by atoms with Gasteiger partial charge in [-0.05, 0) is 13.0 Å². The molecule has 0 bridgehead atoms. The van der Waals surface area contributed by atoms with Gasteiger partial charge >= 0.3 is 0 Å². The van der Waals surface area contributed by atoms with Crippen molar-refractivity contribution in [3.8, 4) is 5.75 Å². The third-order valence-corrected chi connectivity index (χ3v) is 4.26. The number of para-hydroxylation sites is 1. The van der Waals surface area contributed by atoms with Crippen molar-refractivity contribution in [2.24, 2.45) is 0 Å². The van der Waals surface area contributed by atoms with Crippen molar-refractivity contribution in [1.82, 2.24) is 10.6 Å². The first-order chi connectivity index (χ1) is 9.22. The Morgan fingerprint density at radius 2 is 2.32 bits per heavy atom. The minimum Gasteiger partial charge on any atom is -0.496 e. The Hall–Kier alpha value is -1.20. The van der Waals surface area contributed by atoms with E-state index in [0.717, 1.165) is 29.4 Å². The molecule has 0 spiro atoms. The number of ether oxygens (including phenoxy) is 1. The highest BCUT2D eigenvalue weighted by Crippen LogP contribution is 2.24. The Balaban J connectivity index is 1.99. The van der Waals surface area contributed by atoms with Gasteiger partial charge in [-0.25, -0.2) is 0 Å². The molecular formula is C14H20N2O2S. The Morgan fingerprint density at radius 1 is 1.53 bits per heavy atom. The van der Waals surface area contributed by atoms with Crippen LogP contribution in [-0.2, 0) is 4.79 Å². The second-order valence-electron chi connectivity index (χ2n) is 4.55. The number of thioether (sulfide) groups is 1. The Kier molecular flexibility index (Phi) is 5.10. The van der Waals surface area contributed by atoms with E-state index in [0.29, 0.717) is 0 Å². The van der Waals surface area contributed by atoms with Gasteiger partial charge in [-0.3, -0.25) is 4.79 Å². The molecular weight excluding hydrogens is 260 g/mol. The minimum atomic E-state index is -0.0871. The Morgan fingerprint density at radius 3 is 3.00 bits per heavy atom. The lowest BCUT2D eigenvalue weighted by Gasteiger charge is -2.25. The van der Waals surface area contributed by atoms with Gasteiger partial charge in [0.2, 0.25) is 5.91 Å². The summed E-state index contributed by atoms with van der Waals surface area (Å²) in [6.45, 7) is 2.87. The van der Waals surface area contributed by atoms with Gasteiger partial charge in [0.15, 0.2) is 0 Å². The average molecular weight is 280 g/mol. The van der Waals surface area contributed by atoms with E-state index in [9.17, 15) is 4.79 Å². The zero-order chi connectivity index (χ0) is 13.7. The van der Waals surface area contributed by atoms with Gasteiger partial charge in [-0.15, -0.1) is 0 Å². The molecule has 1 fully saturated rings. The highest BCUT2D eigenvalue weighted by molar-refractivity contribution is 7.99. The summed E-state index contributed by atoms with van der Waals surface area (Å²) in [6.07, 6.45) is 0. The molecule has 2 unspecified atom stereocenters. The van der Waals surface area contributed by atoms with Crippen molar-refractivity contribution < 1.29 is 9.53 Å². The second-order valence-corrected chi connectivity index (χ2v) is 5.70. The minimum absolute atomic E-state index is 0.0580. The van der Waals surface area contributed by atoms with E-state index >= 15 is 0 Å². The van der Waals surface area contributed by atoms with Gasteiger partial charge in [-0.2, -0.15) is 11.8 Å². The molecule has 2 rings (SSSR count). The number of carbonyl (C=O) groups is 1. The van der Waals surface area contributed by atoms with Crippen LogP contribution in [0.15, 0.2) is 24.3 Å². The maximum Gasteiger partial charge on any atom is 0.238 e. The van der Waals surface area contributed by atoms with Gasteiger partial charge < -0.3 is 15.4 Å². The molecule has 1 saturated heterocycles. The quantitative estimate of drug-likeness (QED) is 0.879. The summed E-state index contributed by atoms with van der Waals surface area (Å²) in [7, 11) is 1.65. The maximum absolute atomic E-state index is 12.2. The molecule has 0 saturated carbocycles. The van der Waals surface area contributed by atoms with Crippen LogP contribution in [0.2, 0.25) is 0 Å². The predicted molar refractivity (Wildman–Crippen MR) is 78.7 cm³/mol. The molecule has 19 heavy (non-hydrogen) atoms. The number of nitrogens with one attached hydrogen (secondary N) is 2. The third-order valence-electron chi connectivity index (χ3n) is 3.20. The topological polar surface area (TPSA) is 50.4 Å². The number of hydrogen-bond acceptors (Lipinski definition) is 4. The van der Waals surface area contributed by atoms with Crippen LogP contribution in [-0.4, -0.2) is 37.1 Å². The smallest absolute Gasteiger partial charge is 0.238 e. The summed E-state index contributed by atoms with van der Waals surface area (Å²) >= 11 is 1.81. The number of methoxy groups -OCH3 is 1. The molecule has 2 N–H and O–H groups in total. The summed E-state index contributed by atoms with van der Waals surface area (Å²) in [4.78, 5) is 12.2. The fourth-order valence-electron chi connectivity index (χ4n) is 2.15. The van der Waals surface area contributed by atoms with Crippen LogP contribution < -0.4 is 15.4 Å². The molecule has 0 radical (unpaired) electrons. The fourth-order valence-corrected chi connectivity index (χ4v) is 3.08. The van der Waals surface area contributed by atoms with Gasteiger partial charge in [0.1, 0.15) is 5.75 Å². The van der Waals surface area contributed by atoms with Crippen LogP contribution in [0.5, 0.6) is 5.75 Å². The normalized spacial score (nSPS) is 20.6. The van der Waals surface area contributed by atoms with Crippen molar-refractivity contribution in [1.29, 1.82) is 0 Å². The fraction of sp³-hybridized carbons (Fsp3) is 0.500. The van der Waals surface area contributed by atoms with Gasteiger partial charge in [-0.1, -0.05) is 18.2 Å². The zero-order valence-corrected chi connectivity index (χ0v) is 12.1. The monoisotopic (exact) mass is 280 g/mol. The summed E-state index contributed by atoms with van der Waals surface area (Å²) in [5, 5.41) is 6.29. The summed E-state index contributed by atoms with van der Waals surface area (Å²) < 4.78 is 5.32. The van der Waals surface area contributed by atoms with Crippen molar-refractivity contribution in [2.45, 2.75) is 19.0 Å². The van der Waals surface area contributed by atoms with Crippen molar-refractivity contribution in [3.05, 3.63) is 29.8 Å². The SMILES string of the molecule is COc1ccccc1C(C)NC(=O)C1CSCCN1. The van der Waals surface area contributed by atoms with Crippen LogP contribution in [0, 0.1) is 0 Å². The van der Waals surface area contributed by atoms with Crippen LogP contribution in [0.4, 0.5) is 0 Å². The van der Waals surface area contributed by atoms with Crippen LogP contribution in [0.1, 0.15) is 18.5 Å². The van der Waals surface area contributed by atoms with E-state index in [1.807, 2.05) is 43.0 Å². The zero-order valence-electron chi connectivity index (χ0n) is 11.3. The van der Waals surface area contributed by atoms with Crippen LogP contribution in [0.25, 0.3) is 0 Å². The molecule has 1 amide bonds. The van der Waals surface area contributed by atoms with E-state index in [1.165, 1.54) is 0 Å². The summed E-state index contributed by atoms with van der Waals surface area (Å²) in [6, 6.07) is 7.62. The molecule has 1 aliphatic rings. The van der Waals surface area contributed by atoms with Crippen molar-refractivity contribution in [2.75, 3.05) is 25.2 Å². The number of amides is 1. The first-order valence-corrected chi connectivity index (χ1v) is 7.62. The number of hydrogen-bond donors (Lipinski definition) is 2. The van der Waals surface area contributed by atoms with Crippen molar-refractivity contribution >= 4 is 17.7 Å². The second kappa shape index (κ2) is 6.82. The standard InChI is InChI=1S/C14H20N2O2S/c1-10(11-5-3-4-6-13(11)18-2)16-14(17)12-9-19-8-7-15-12/h3-6,10,12,15H,7-9H2,1-2H3,(H,16,17). The number of benzene rings is 1. The Labute approximate surface area is 118 Å². The molecule has 0 aliphatic carbocycles. The molecule has 1 aliphatic heterocycles. The number of carbonyl (C=O) groups excluding carboxylic acids is 1. The van der Waals surface area contributed by atoms with Crippen molar-refractivity contribution in [3.63, 3.8) is 0 Å². The van der Waals surface area contributed by atoms with E-state index in [2.05, 4.69) is 10.6 Å². The molecule has 104 valence electrons. The van der Waals surface area contributed by atoms with Gasteiger partial charge in [0.05, 0.1) is 19.2 Å². The number of rotatable bonds is 4. The molecule has 2 atom stereocenters. The lowest BCUT2D eigenvalue weighted by molar-refractivity contribution is -0.123. The van der Waals surface area contributed by atoms with Gasteiger partial charge in [0, 0.05) is 23.6 Å². The molecule has 5 heteroatoms. The predicted octanol–water partition coefficient (Wildman–Crippen LogP) is 1.58. The first-order valence-electron chi connectivity index (χ1n) is 6.47. The molecule has 1 aromatic rings. The highest BCUT2D eigenvalue weighted by atomic mass is 32.2. The van der Waals surface area contributed by atoms with E-state index in [4.69, 9.17) is 4.74 Å². The van der Waals surface area contributed by atoms with Crippen LogP contribution >= 0.6 is 11.8 Å². The lowest BCUT2D eigenvalue weighted by atomic mass is 10.1. The Bertz CT molecular complexity index is 433. The largest absolute Gasteiger partial charge is 0.496 e. The molecule has 4 nitrogen and oxygen atoms in total. The average Bonchev–Trinajstić information content (AvgIpc) is 2.48. The first kappa shape index (κ1) is 14.2. The maximum atomic E-state index is 12.2. The molecule has 0 aromatic heterocycles. The molecule has 1 heterocycles. The summed E-state index contributed by atoms with van der Waals surface area (Å²) in [5.74, 6) is 2.78. The third kappa shape index (κ3) is 3.64. The molecule has 1 aromatic carbocycles. The van der Waals surface area contributed by atoms with E-state index < -0.39 is 0 Å². The van der Waals surface area contributed by atoms with E-state index in [-0.39, 0.29) is 18.0 Å².